The zero-order valence-corrected chi connectivity index (χ0v) is 7.94. The van der Waals surface area contributed by atoms with Gasteiger partial charge >= 0.3 is 0 Å². The van der Waals surface area contributed by atoms with Crippen molar-refractivity contribution in [3.63, 3.8) is 0 Å². The highest BCUT2D eigenvalue weighted by molar-refractivity contribution is 9.09. The maximum Gasteiger partial charge on any atom is 0.0653 e. The van der Waals surface area contributed by atoms with Crippen LogP contribution in [0.2, 0.25) is 6.32 Å². The number of hydrogen-bond acceptors (Lipinski definition) is 0. The third-order valence-electron chi connectivity index (χ3n) is 1.25. The minimum absolute atomic E-state index is 0.808. The molecule has 2 radical (unpaired) electrons. The molecule has 0 heterocycles. The molecule has 0 rings (SSSR count). The van der Waals surface area contributed by atoms with E-state index in [2.05, 4.69) is 28.1 Å². The highest BCUT2D eigenvalue weighted by atomic mass is 79.9. The molecule has 56 valence electrons. The quantitative estimate of drug-likeness (QED) is 0.268. The van der Waals surface area contributed by atoms with Gasteiger partial charge in [0, 0.05) is 5.33 Å². The molecule has 0 aromatic carbocycles. The monoisotopic (exact) mass is 200 g/mol. The minimum atomic E-state index is 0.808. The van der Waals surface area contributed by atoms with Gasteiger partial charge in [0.05, 0.1) is 7.85 Å². The number of unbranched alkanes of at least 4 members (excludes halogenated alkanes) is 2. The summed E-state index contributed by atoms with van der Waals surface area (Å²) >= 11 is 3.38. The first-order chi connectivity index (χ1) is 4.91. The molecule has 0 aromatic heterocycles. The van der Waals surface area contributed by atoms with Crippen molar-refractivity contribution >= 4 is 23.8 Å². The van der Waals surface area contributed by atoms with Crippen molar-refractivity contribution in [2.24, 2.45) is 0 Å². The number of halogens is 1. The molecular formula is C8H14BBr. The van der Waals surface area contributed by atoms with Gasteiger partial charge < -0.3 is 0 Å². The average molecular weight is 201 g/mol. The smallest absolute Gasteiger partial charge is 0.0653 e. The first-order valence-electron chi connectivity index (χ1n) is 3.83. The lowest BCUT2D eigenvalue weighted by Gasteiger charge is -1.88. The van der Waals surface area contributed by atoms with E-state index in [1.165, 1.54) is 12.8 Å². The van der Waals surface area contributed by atoms with Gasteiger partial charge in [-0.25, -0.2) is 0 Å². The third kappa shape index (κ3) is 8.28. The van der Waals surface area contributed by atoms with E-state index in [0.717, 1.165) is 24.5 Å². The van der Waals surface area contributed by atoms with Crippen molar-refractivity contribution in [1.82, 2.24) is 0 Å². The molecule has 0 aliphatic rings. The molecule has 0 aliphatic heterocycles. The SMILES string of the molecule is [B]CCC/C=C/CCCBr. The molecular weight excluding hydrogens is 187 g/mol. The Morgan fingerprint density at radius 1 is 1.10 bits per heavy atom. The van der Waals surface area contributed by atoms with Crippen LogP contribution in [0.15, 0.2) is 12.2 Å². The second-order valence-corrected chi connectivity index (χ2v) is 3.03. The third-order valence-corrected chi connectivity index (χ3v) is 1.81. The Morgan fingerprint density at radius 2 is 1.70 bits per heavy atom. The summed E-state index contributed by atoms with van der Waals surface area (Å²) in [5.41, 5.74) is 0. The molecule has 0 aliphatic carbocycles. The molecule has 0 saturated carbocycles. The minimum Gasteiger partial charge on any atom is -0.0928 e. The zero-order valence-electron chi connectivity index (χ0n) is 6.35. The predicted octanol–water partition coefficient (Wildman–Crippen LogP) is 3.08. The average Bonchev–Trinajstić information content (AvgIpc) is 1.97. The van der Waals surface area contributed by atoms with Crippen LogP contribution in [0.3, 0.4) is 0 Å². The van der Waals surface area contributed by atoms with Crippen LogP contribution in [-0.2, 0) is 0 Å². The maximum absolute atomic E-state index is 5.33. The van der Waals surface area contributed by atoms with Crippen LogP contribution in [0, 0.1) is 0 Å². The van der Waals surface area contributed by atoms with Crippen LogP contribution in [0.4, 0.5) is 0 Å². The van der Waals surface area contributed by atoms with Crippen molar-refractivity contribution in [3.8, 4) is 0 Å². The highest BCUT2D eigenvalue weighted by Crippen LogP contribution is 1.98. The predicted molar refractivity (Wildman–Crippen MR) is 52.0 cm³/mol. The fourth-order valence-corrected chi connectivity index (χ4v) is 0.990. The molecule has 0 bridgehead atoms. The van der Waals surface area contributed by atoms with Gasteiger partial charge in [-0.05, 0) is 19.3 Å². The molecule has 0 aromatic rings. The van der Waals surface area contributed by atoms with Gasteiger partial charge in [-0.2, -0.15) is 0 Å². The van der Waals surface area contributed by atoms with Crippen molar-refractivity contribution in [2.75, 3.05) is 5.33 Å². The van der Waals surface area contributed by atoms with Crippen LogP contribution >= 0.6 is 15.9 Å². The molecule has 0 unspecified atom stereocenters. The fraction of sp³-hybridized carbons (Fsp3) is 0.750. The molecule has 10 heavy (non-hydrogen) atoms. The maximum atomic E-state index is 5.33. The van der Waals surface area contributed by atoms with E-state index < -0.39 is 0 Å². The normalized spacial score (nSPS) is 10.9. The van der Waals surface area contributed by atoms with Gasteiger partial charge in [0.2, 0.25) is 0 Å². The van der Waals surface area contributed by atoms with Crippen LogP contribution in [-0.4, -0.2) is 13.2 Å². The van der Waals surface area contributed by atoms with Crippen LogP contribution in [0.1, 0.15) is 25.7 Å². The Morgan fingerprint density at radius 3 is 2.20 bits per heavy atom. The van der Waals surface area contributed by atoms with Crippen LogP contribution in [0.25, 0.3) is 0 Å². The molecule has 0 N–H and O–H groups in total. The summed E-state index contributed by atoms with van der Waals surface area (Å²) in [6.07, 6.45) is 9.94. The van der Waals surface area contributed by atoms with E-state index in [9.17, 15) is 0 Å². The number of alkyl halides is 1. The number of hydrogen-bond donors (Lipinski definition) is 0. The first-order valence-corrected chi connectivity index (χ1v) is 4.95. The second kappa shape index (κ2) is 9.28. The molecule has 0 atom stereocenters. The van der Waals surface area contributed by atoms with Crippen molar-refractivity contribution in [2.45, 2.75) is 32.0 Å². The summed E-state index contributed by atoms with van der Waals surface area (Å²) in [6, 6.07) is 0. The topological polar surface area (TPSA) is 0 Å². The molecule has 2 heteroatoms. The van der Waals surface area contributed by atoms with Gasteiger partial charge in [-0.1, -0.05) is 40.8 Å². The van der Waals surface area contributed by atoms with Crippen LogP contribution in [0.5, 0.6) is 0 Å². The van der Waals surface area contributed by atoms with Crippen molar-refractivity contribution < 1.29 is 0 Å². The molecule has 0 nitrogen and oxygen atoms in total. The Balaban J connectivity index is 2.89. The van der Waals surface area contributed by atoms with E-state index in [1.54, 1.807) is 0 Å². The van der Waals surface area contributed by atoms with Crippen molar-refractivity contribution in [1.29, 1.82) is 0 Å². The summed E-state index contributed by atoms with van der Waals surface area (Å²) < 4.78 is 0. The number of rotatable bonds is 6. The van der Waals surface area contributed by atoms with Gasteiger partial charge in [0.25, 0.3) is 0 Å². The van der Waals surface area contributed by atoms with Gasteiger partial charge in [0.1, 0.15) is 0 Å². The van der Waals surface area contributed by atoms with E-state index in [4.69, 9.17) is 7.85 Å². The number of allylic oxidation sites excluding steroid dienone is 2. The lowest BCUT2D eigenvalue weighted by Crippen LogP contribution is -1.72. The molecule has 0 spiro atoms. The fourth-order valence-electron chi connectivity index (χ4n) is 0.666. The Hall–Kier alpha value is 0.285. The Bertz CT molecular complexity index is 71.3. The van der Waals surface area contributed by atoms with Gasteiger partial charge in [0.15, 0.2) is 0 Å². The summed E-state index contributed by atoms with van der Waals surface area (Å²) in [4.78, 5) is 0. The lowest BCUT2D eigenvalue weighted by atomic mass is 10.0. The summed E-state index contributed by atoms with van der Waals surface area (Å²) in [7, 11) is 5.33. The lowest BCUT2D eigenvalue weighted by molar-refractivity contribution is 0.927. The largest absolute Gasteiger partial charge is 0.0928 e. The Labute approximate surface area is 73.6 Å². The van der Waals surface area contributed by atoms with Crippen LogP contribution < -0.4 is 0 Å². The summed E-state index contributed by atoms with van der Waals surface area (Å²) in [5.74, 6) is 0. The summed E-state index contributed by atoms with van der Waals surface area (Å²) in [5, 5.41) is 1.11. The van der Waals surface area contributed by atoms with Gasteiger partial charge in [-0.15, -0.1) is 0 Å². The van der Waals surface area contributed by atoms with Gasteiger partial charge in [-0.3, -0.25) is 0 Å². The zero-order chi connectivity index (χ0) is 7.66. The molecule has 0 fully saturated rings. The van der Waals surface area contributed by atoms with E-state index >= 15 is 0 Å². The first kappa shape index (κ1) is 10.3. The standard InChI is InChI=1S/C8H14BBr/c9-7-5-3-1-2-4-6-8-10/h1-2H,3-8H2/b2-1+. The Kier molecular flexibility index (Phi) is 9.55. The van der Waals surface area contributed by atoms with E-state index in [0.29, 0.717) is 0 Å². The van der Waals surface area contributed by atoms with E-state index in [1.807, 2.05) is 0 Å². The highest BCUT2D eigenvalue weighted by Gasteiger charge is 1.79. The second-order valence-electron chi connectivity index (χ2n) is 2.23. The summed E-state index contributed by atoms with van der Waals surface area (Å²) in [6.45, 7) is 0. The van der Waals surface area contributed by atoms with E-state index in [-0.39, 0.29) is 0 Å². The van der Waals surface area contributed by atoms with Crippen molar-refractivity contribution in [3.05, 3.63) is 12.2 Å². The molecule has 0 saturated heterocycles. The molecule has 0 amide bonds.